The summed E-state index contributed by atoms with van der Waals surface area (Å²) >= 11 is 0. The maximum atomic E-state index is 12.6. The number of sulfonamides is 1. The van der Waals surface area contributed by atoms with E-state index in [4.69, 9.17) is 9.84 Å². The van der Waals surface area contributed by atoms with Gasteiger partial charge in [-0.3, -0.25) is 9.52 Å². The van der Waals surface area contributed by atoms with Gasteiger partial charge in [-0.15, -0.1) is 0 Å². The number of aromatic carboxylic acids is 1. The van der Waals surface area contributed by atoms with Crippen molar-refractivity contribution in [1.29, 1.82) is 0 Å². The summed E-state index contributed by atoms with van der Waals surface area (Å²) in [6.07, 6.45) is 0. The predicted octanol–water partition coefficient (Wildman–Crippen LogP) is 1.94. The van der Waals surface area contributed by atoms with Gasteiger partial charge >= 0.3 is 5.97 Å². The highest BCUT2D eigenvalue weighted by molar-refractivity contribution is 7.92. The molecule has 1 amide bonds. The largest absolute Gasteiger partial charge is 0.496 e. The Morgan fingerprint density at radius 1 is 1.12 bits per heavy atom. The third kappa shape index (κ3) is 4.31. The molecule has 0 spiro atoms. The number of carboxylic acid groups (broad SMARTS) is 1. The fourth-order valence-corrected chi connectivity index (χ4v) is 3.27. The summed E-state index contributed by atoms with van der Waals surface area (Å²) in [5.41, 5.74) is 0.333. The van der Waals surface area contributed by atoms with Crippen LogP contribution in [0, 0.1) is 0 Å². The molecule has 0 radical (unpaired) electrons. The summed E-state index contributed by atoms with van der Waals surface area (Å²) in [4.78, 5) is 22.8. The summed E-state index contributed by atoms with van der Waals surface area (Å²) in [7, 11) is -2.59. The van der Waals surface area contributed by atoms with Crippen molar-refractivity contribution in [1.82, 2.24) is 5.32 Å². The number of hydrogen-bond acceptors (Lipinski definition) is 5. The van der Waals surface area contributed by atoms with E-state index < -0.39 is 21.9 Å². The molecule has 26 heavy (non-hydrogen) atoms. The first-order chi connectivity index (χ1) is 12.3. The van der Waals surface area contributed by atoms with Crippen molar-refractivity contribution in [2.24, 2.45) is 0 Å². The molecule has 0 heterocycles. The normalized spacial score (nSPS) is 10.8. The zero-order valence-electron chi connectivity index (χ0n) is 14.1. The molecule has 0 atom stereocenters. The van der Waals surface area contributed by atoms with Crippen molar-refractivity contribution < 1.29 is 27.9 Å². The standard InChI is InChI=1S/C17H18N2O6S/c1-3-18-16(20)14-10-13(8-9-15(14)25-2)26(23,24)19-12-6-4-11(5-7-12)17(21)22/h4-10,19H,3H2,1-2H3,(H,18,20)(H,21,22). The van der Waals surface area contributed by atoms with E-state index in [1.54, 1.807) is 6.92 Å². The number of nitrogens with one attached hydrogen (secondary N) is 2. The molecular formula is C17H18N2O6S. The van der Waals surface area contributed by atoms with Gasteiger partial charge in [-0.1, -0.05) is 0 Å². The van der Waals surface area contributed by atoms with Crippen LogP contribution in [-0.2, 0) is 10.0 Å². The molecule has 0 aromatic heterocycles. The summed E-state index contributed by atoms with van der Waals surface area (Å²) < 4.78 is 32.6. The quantitative estimate of drug-likeness (QED) is 0.677. The van der Waals surface area contributed by atoms with E-state index in [-0.39, 0.29) is 27.5 Å². The lowest BCUT2D eigenvalue weighted by Crippen LogP contribution is -2.24. The molecule has 2 aromatic carbocycles. The van der Waals surface area contributed by atoms with Crippen LogP contribution in [0.15, 0.2) is 47.4 Å². The van der Waals surface area contributed by atoms with Crippen LogP contribution in [0.25, 0.3) is 0 Å². The van der Waals surface area contributed by atoms with Crippen molar-refractivity contribution in [3.63, 3.8) is 0 Å². The van der Waals surface area contributed by atoms with Crippen LogP contribution >= 0.6 is 0 Å². The highest BCUT2D eigenvalue weighted by Crippen LogP contribution is 2.24. The van der Waals surface area contributed by atoms with Crippen molar-refractivity contribution >= 4 is 27.6 Å². The number of anilines is 1. The molecule has 138 valence electrons. The summed E-state index contributed by atoms with van der Waals surface area (Å²) in [6.45, 7) is 2.13. The van der Waals surface area contributed by atoms with Gasteiger partial charge in [-0.2, -0.15) is 0 Å². The van der Waals surface area contributed by atoms with Gasteiger partial charge in [0.05, 0.1) is 23.1 Å². The second-order valence-corrected chi connectivity index (χ2v) is 6.89. The number of carbonyl (C=O) groups excluding carboxylic acids is 1. The van der Waals surface area contributed by atoms with E-state index in [9.17, 15) is 18.0 Å². The zero-order valence-corrected chi connectivity index (χ0v) is 15.0. The number of rotatable bonds is 7. The first kappa shape index (κ1) is 19.3. The van der Waals surface area contributed by atoms with Crippen LogP contribution in [0.4, 0.5) is 5.69 Å². The number of methoxy groups -OCH3 is 1. The van der Waals surface area contributed by atoms with Gasteiger partial charge in [0.2, 0.25) is 0 Å². The average molecular weight is 378 g/mol. The molecule has 2 rings (SSSR count). The fraction of sp³-hybridized carbons (Fsp3) is 0.176. The summed E-state index contributed by atoms with van der Waals surface area (Å²) in [5, 5.41) is 11.5. The topological polar surface area (TPSA) is 122 Å². The highest BCUT2D eigenvalue weighted by atomic mass is 32.2. The van der Waals surface area contributed by atoms with Crippen LogP contribution < -0.4 is 14.8 Å². The van der Waals surface area contributed by atoms with Crippen LogP contribution in [0.1, 0.15) is 27.6 Å². The molecule has 0 saturated carbocycles. The maximum Gasteiger partial charge on any atom is 0.335 e. The molecule has 0 fully saturated rings. The van der Waals surface area contributed by atoms with Gasteiger partial charge < -0.3 is 15.2 Å². The van der Waals surface area contributed by atoms with Gasteiger partial charge in [-0.25, -0.2) is 13.2 Å². The zero-order chi connectivity index (χ0) is 19.3. The highest BCUT2D eigenvalue weighted by Gasteiger charge is 2.20. The monoisotopic (exact) mass is 378 g/mol. The fourth-order valence-electron chi connectivity index (χ4n) is 2.18. The Kier molecular flexibility index (Phi) is 5.83. The lowest BCUT2D eigenvalue weighted by atomic mass is 10.2. The molecule has 0 aliphatic rings. The molecule has 9 heteroatoms. The lowest BCUT2D eigenvalue weighted by Gasteiger charge is -2.12. The van der Waals surface area contributed by atoms with E-state index in [1.165, 1.54) is 49.6 Å². The Bertz CT molecular complexity index is 923. The van der Waals surface area contributed by atoms with Gasteiger partial charge in [0, 0.05) is 12.2 Å². The second kappa shape index (κ2) is 7.87. The number of carboxylic acids is 1. The molecule has 0 bridgehead atoms. The number of ether oxygens (including phenoxy) is 1. The third-order valence-electron chi connectivity index (χ3n) is 3.45. The Balaban J connectivity index is 2.34. The van der Waals surface area contributed by atoms with E-state index in [0.29, 0.717) is 6.54 Å². The van der Waals surface area contributed by atoms with Crippen molar-refractivity contribution in [3.8, 4) is 5.75 Å². The lowest BCUT2D eigenvalue weighted by molar-refractivity contribution is 0.0696. The predicted molar refractivity (Wildman–Crippen MR) is 95.2 cm³/mol. The average Bonchev–Trinajstić information content (AvgIpc) is 2.61. The molecular weight excluding hydrogens is 360 g/mol. The number of benzene rings is 2. The van der Waals surface area contributed by atoms with Crippen LogP contribution in [0.5, 0.6) is 5.75 Å². The third-order valence-corrected chi connectivity index (χ3v) is 4.83. The van der Waals surface area contributed by atoms with Crippen molar-refractivity contribution in [3.05, 3.63) is 53.6 Å². The van der Waals surface area contributed by atoms with E-state index in [1.807, 2.05) is 0 Å². The minimum Gasteiger partial charge on any atom is -0.496 e. The SMILES string of the molecule is CCNC(=O)c1cc(S(=O)(=O)Nc2ccc(C(=O)O)cc2)ccc1OC. The van der Waals surface area contributed by atoms with Crippen molar-refractivity contribution in [2.45, 2.75) is 11.8 Å². The number of carbonyl (C=O) groups is 2. The van der Waals surface area contributed by atoms with Crippen LogP contribution in [0.3, 0.4) is 0 Å². The molecule has 0 aliphatic heterocycles. The Morgan fingerprint density at radius 2 is 1.77 bits per heavy atom. The molecule has 2 aromatic rings. The minimum atomic E-state index is -3.98. The molecule has 0 unspecified atom stereocenters. The second-order valence-electron chi connectivity index (χ2n) is 5.21. The van der Waals surface area contributed by atoms with E-state index >= 15 is 0 Å². The first-order valence-corrected chi connectivity index (χ1v) is 9.09. The summed E-state index contributed by atoms with van der Waals surface area (Å²) in [5.74, 6) is -1.31. The van der Waals surface area contributed by atoms with Crippen LogP contribution in [0.2, 0.25) is 0 Å². The van der Waals surface area contributed by atoms with E-state index in [0.717, 1.165) is 0 Å². The van der Waals surface area contributed by atoms with Gasteiger partial charge in [0.1, 0.15) is 5.75 Å². The number of hydrogen-bond donors (Lipinski definition) is 3. The van der Waals surface area contributed by atoms with Gasteiger partial charge in [0.15, 0.2) is 0 Å². The maximum absolute atomic E-state index is 12.6. The summed E-state index contributed by atoms with van der Waals surface area (Å²) in [6, 6.07) is 9.19. The molecule has 3 N–H and O–H groups in total. The Labute approximate surface area is 150 Å². The molecule has 0 saturated heterocycles. The molecule has 8 nitrogen and oxygen atoms in total. The smallest absolute Gasteiger partial charge is 0.335 e. The van der Waals surface area contributed by atoms with Crippen molar-refractivity contribution in [2.75, 3.05) is 18.4 Å². The Morgan fingerprint density at radius 3 is 2.31 bits per heavy atom. The molecule has 0 aliphatic carbocycles. The Hall–Kier alpha value is -3.07. The number of amides is 1. The van der Waals surface area contributed by atoms with E-state index in [2.05, 4.69) is 10.0 Å². The minimum absolute atomic E-state index is 0.0379. The van der Waals surface area contributed by atoms with Gasteiger partial charge in [0.25, 0.3) is 15.9 Å². The van der Waals surface area contributed by atoms with Crippen LogP contribution in [-0.4, -0.2) is 39.1 Å². The first-order valence-electron chi connectivity index (χ1n) is 7.61. The van der Waals surface area contributed by atoms with Gasteiger partial charge in [-0.05, 0) is 49.4 Å².